The monoisotopic (exact) mass is 531 g/mol. The first-order chi connectivity index (χ1) is 18.4. The average Bonchev–Trinajstić information content (AvgIpc) is 3.37. The molecule has 0 fully saturated rings. The molecule has 11 nitrogen and oxygen atoms in total. The molecular weight excluding hydrogens is 514 g/mol. The number of nitro benzene ring substituents is 2. The third-order valence-corrected chi connectivity index (χ3v) is 5.81. The summed E-state index contributed by atoms with van der Waals surface area (Å²) in [4.78, 5) is 26.7. The van der Waals surface area contributed by atoms with Gasteiger partial charge in [-0.2, -0.15) is 0 Å². The zero-order chi connectivity index (χ0) is 26.6. The molecule has 0 unspecified atom stereocenters. The summed E-state index contributed by atoms with van der Waals surface area (Å²) in [6.07, 6.45) is 1.63. The predicted octanol–water partition coefficient (Wildman–Crippen LogP) is 7.12. The number of ether oxygens (including phenoxy) is 2. The van der Waals surface area contributed by atoms with Crippen LogP contribution in [0.15, 0.2) is 83.9 Å². The van der Waals surface area contributed by atoms with Gasteiger partial charge in [-0.15, -0.1) is 0 Å². The molecule has 1 aliphatic heterocycles. The number of nitrogens with one attached hydrogen (secondary N) is 2. The minimum absolute atomic E-state index is 0.0443. The lowest BCUT2D eigenvalue weighted by molar-refractivity contribution is -0.393. The molecule has 4 aromatic rings. The van der Waals surface area contributed by atoms with Crippen molar-refractivity contribution in [2.75, 3.05) is 17.4 Å². The third kappa shape index (κ3) is 5.32. The highest BCUT2D eigenvalue weighted by molar-refractivity contribution is 6.30. The molecule has 0 saturated heterocycles. The lowest BCUT2D eigenvalue weighted by Gasteiger charge is -2.13. The van der Waals surface area contributed by atoms with Crippen LogP contribution in [0.3, 0.4) is 0 Å². The number of fused-ring (bicyclic) bond motifs is 1. The smallest absolute Gasteiger partial charge is 0.299 e. The van der Waals surface area contributed by atoms with Crippen LogP contribution in [-0.4, -0.2) is 22.9 Å². The van der Waals surface area contributed by atoms with Crippen LogP contribution in [0.1, 0.15) is 5.56 Å². The molecule has 4 aromatic carbocycles. The Labute approximate surface area is 220 Å². The van der Waals surface area contributed by atoms with E-state index in [0.717, 1.165) is 11.6 Å². The lowest BCUT2D eigenvalue weighted by Crippen LogP contribution is -2.03. The number of aliphatic imine (C=N–C) groups is 1. The van der Waals surface area contributed by atoms with Gasteiger partial charge >= 0.3 is 0 Å². The van der Waals surface area contributed by atoms with E-state index in [-0.39, 0.29) is 18.2 Å². The lowest BCUT2D eigenvalue weighted by atomic mass is 10.1. The van der Waals surface area contributed by atoms with E-state index < -0.39 is 21.2 Å². The Morgan fingerprint density at radius 2 is 1.47 bits per heavy atom. The summed E-state index contributed by atoms with van der Waals surface area (Å²) >= 11 is 5.93. The Morgan fingerprint density at radius 1 is 0.789 bits per heavy atom. The van der Waals surface area contributed by atoms with Crippen LogP contribution in [0.25, 0.3) is 0 Å². The molecular formula is C26H18ClN5O6. The van der Waals surface area contributed by atoms with Crippen molar-refractivity contribution in [3.8, 4) is 11.5 Å². The average molecular weight is 532 g/mol. The van der Waals surface area contributed by atoms with Crippen molar-refractivity contribution in [1.29, 1.82) is 0 Å². The van der Waals surface area contributed by atoms with Crippen molar-refractivity contribution < 1.29 is 19.3 Å². The zero-order valence-corrected chi connectivity index (χ0v) is 20.2. The molecule has 0 amide bonds. The largest absolute Gasteiger partial charge is 0.454 e. The van der Waals surface area contributed by atoms with Crippen LogP contribution in [-0.2, 0) is 0 Å². The van der Waals surface area contributed by atoms with Gasteiger partial charge in [-0.25, -0.2) is 0 Å². The summed E-state index contributed by atoms with van der Waals surface area (Å²) in [6, 6.07) is 21.1. The Kier molecular flexibility index (Phi) is 6.74. The summed E-state index contributed by atoms with van der Waals surface area (Å²) in [6.45, 7) is 0.158. The molecule has 2 N–H and O–H groups in total. The molecule has 0 radical (unpaired) electrons. The maximum atomic E-state index is 11.8. The van der Waals surface area contributed by atoms with Crippen LogP contribution in [0.5, 0.6) is 11.5 Å². The second-order valence-corrected chi connectivity index (χ2v) is 8.48. The minimum Gasteiger partial charge on any atom is -0.454 e. The molecule has 0 atom stereocenters. The number of nitro groups is 2. The number of hydrogen-bond donors (Lipinski definition) is 2. The van der Waals surface area contributed by atoms with Crippen molar-refractivity contribution in [2.24, 2.45) is 4.99 Å². The highest BCUT2D eigenvalue weighted by Gasteiger charge is 2.25. The fraction of sp³-hybridized carbons (Fsp3) is 0.0385. The number of benzene rings is 4. The van der Waals surface area contributed by atoms with Crippen molar-refractivity contribution in [3.05, 3.63) is 110 Å². The van der Waals surface area contributed by atoms with Crippen molar-refractivity contribution >= 4 is 57.6 Å². The van der Waals surface area contributed by atoms with E-state index in [1.165, 1.54) is 6.07 Å². The highest BCUT2D eigenvalue weighted by atomic mass is 35.5. The fourth-order valence-corrected chi connectivity index (χ4v) is 3.87. The van der Waals surface area contributed by atoms with Crippen LogP contribution < -0.4 is 20.1 Å². The second kappa shape index (κ2) is 10.4. The van der Waals surface area contributed by atoms with Gasteiger partial charge in [0.1, 0.15) is 11.4 Å². The van der Waals surface area contributed by atoms with E-state index in [1.807, 2.05) is 6.07 Å². The van der Waals surface area contributed by atoms with E-state index >= 15 is 0 Å². The number of rotatable bonds is 8. The first-order valence-corrected chi connectivity index (χ1v) is 11.5. The van der Waals surface area contributed by atoms with E-state index in [1.54, 1.807) is 66.9 Å². The van der Waals surface area contributed by atoms with Gasteiger partial charge in [0.15, 0.2) is 11.5 Å². The second-order valence-electron chi connectivity index (χ2n) is 8.05. The Bertz CT molecular complexity index is 1580. The molecule has 0 aliphatic carbocycles. The standard InChI is InChI=1S/C26H18ClN5O6/c27-17-6-8-18(9-7-17)29-21-12-22(24(32(35)36)13-23(21)31(33)34)30-20-4-2-1-3-19(20)28-14-16-5-10-25-26(11-16)38-15-37-25/h1-14,29-30H,15H2. The molecule has 5 rings (SSSR count). The first kappa shape index (κ1) is 24.5. The summed E-state index contributed by atoms with van der Waals surface area (Å²) in [5.74, 6) is 1.26. The SMILES string of the molecule is O=[N+]([O-])c1cc([N+](=O)[O-])c(Nc2ccccc2N=Cc2ccc3c(c2)OCO3)cc1Nc1ccc(Cl)cc1. The predicted molar refractivity (Wildman–Crippen MR) is 144 cm³/mol. The number of halogens is 1. The maximum absolute atomic E-state index is 11.8. The number of anilines is 4. The molecule has 190 valence electrons. The number of para-hydroxylation sites is 2. The van der Waals surface area contributed by atoms with Gasteiger partial charge in [-0.3, -0.25) is 25.2 Å². The van der Waals surface area contributed by atoms with Gasteiger partial charge < -0.3 is 20.1 Å². The van der Waals surface area contributed by atoms with Gasteiger partial charge in [0, 0.05) is 16.9 Å². The van der Waals surface area contributed by atoms with E-state index in [0.29, 0.717) is 33.6 Å². The summed E-state index contributed by atoms with van der Waals surface area (Å²) < 4.78 is 10.7. The molecule has 0 aromatic heterocycles. The molecule has 1 heterocycles. The molecule has 12 heteroatoms. The normalized spacial score (nSPS) is 11.9. The van der Waals surface area contributed by atoms with E-state index in [9.17, 15) is 20.2 Å². The molecule has 0 bridgehead atoms. The van der Waals surface area contributed by atoms with Gasteiger partial charge in [-0.1, -0.05) is 23.7 Å². The zero-order valence-electron chi connectivity index (χ0n) is 19.5. The van der Waals surface area contributed by atoms with Crippen LogP contribution in [0, 0.1) is 20.2 Å². The molecule has 0 saturated carbocycles. The number of hydrogen-bond acceptors (Lipinski definition) is 9. The van der Waals surface area contributed by atoms with Crippen molar-refractivity contribution in [3.63, 3.8) is 0 Å². The molecule has 38 heavy (non-hydrogen) atoms. The van der Waals surface area contributed by atoms with Crippen molar-refractivity contribution in [2.45, 2.75) is 0 Å². The highest BCUT2D eigenvalue weighted by Crippen LogP contribution is 2.40. The van der Waals surface area contributed by atoms with Gasteiger partial charge in [0.25, 0.3) is 11.4 Å². The fourth-order valence-electron chi connectivity index (χ4n) is 3.74. The Morgan fingerprint density at radius 3 is 2.21 bits per heavy atom. The summed E-state index contributed by atoms with van der Waals surface area (Å²) in [5, 5.41) is 30.0. The summed E-state index contributed by atoms with van der Waals surface area (Å²) in [7, 11) is 0. The van der Waals surface area contributed by atoms with Gasteiger partial charge in [0.05, 0.1) is 27.3 Å². The van der Waals surface area contributed by atoms with Crippen LogP contribution >= 0.6 is 11.6 Å². The minimum atomic E-state index is -0.682. The van der Waals surface area contributed by atoms with Crippen molar-refractivity contribution in [1.82, 2.24) is 0 Å². The first-order valence-electron chi connectivity index (χ1n) is 11.2. The topological polar surface area (TPSA) is 141 Å². The maximum Gasteiger partial charge on any atom is 0.299 e. The Balaban J connectivity index is 1.49. The quantitative estimate of drug-likeness (QED) is 0.139. The van der Waals surface area contributed by atoms with E-state index in [4.69, 9.17) is 21.1 Å². The van der Waals surface area contributed by atoms with E-state index in [2.05, 4.69) is 15.6 Å². The number of nitrogens with zero attached hydrogens (tertiary/aromatic N) is 3. The third-order valence-electron chi connectivity index (χ3n) is 5.55. The van der Waals surface area contributed by atoms with Gasteiger partial charge in [0.2, 0.25) is 6.79 Å². The van der Waals surface area contributed by atoms with Gasteiger partial charge in [-0.05, 0) is 66.2 Å². The van der Waals surface area contributed by atoms with Crippen LogP contribution in [0.4, 0.5) is 39.8 Å². The molecule has 1 aliphatic rings. The summed E-state index contributed by atoms with van der Waals surface area (Å²) in [5.41, 5.74) is 1.42. The molecule has 0 spiro atoms. The van der Waals surface area contributed by atoms with Crippen LogP contribution in [0.2, 0.25) is 5.02 Å². The Hall–Kier alpha value is -5.16.